The first-order chi connectivity index (χ1) is 10.2. The first-order valence-electron chi connectivity index (χ1n) is 6.56. The van der Waals surface area contributed by atoms with Crippen molar-refractivity contribution in [2.24, 2.45) is 0 Å². The Bertz CT molecular complexity index is 814. The molecule has 0 bridgehead atoms. The number of halogens is 1. The van der Waals surface area contributed by atoms with Crippen LogP contribution in [0.15, 0.2) is 53.3 Å². The molecule has 2 aromatic carbocycles. The minimum atomic E-state index is -0.126. The number of aromatic nitrogens is 3. The summed E-state index contributed by atoms with van der Waals surface area (Å²) in [6.07, 6.45) is 0. The van der Waals surface area contributed by atoms with Gasteiger partial charge in [0.15, 0.2) is 0 Å². The van der Waals surface area contributed by atoms with Crippen molar-refractivity contribution in [3.8, 4) is 0 Å². The Morgan fingerprint density at radius 2 is 1.86 bits per heavy atom. The fraction of sp³-hybridized carbons (Fsp3) is 0.133. The monoisotopic (exact) mass is 300 g/mol. The summed E-state index contributed by atoms with van der Waals surface area (Å²) in [6.45, 7) is 1.02. The quantitative estimate of drug-likeness (QED) is 0.804. The van der Waals surface area contributed by atoms with Gasteiger partial charge in [-0.05, 0) is 36.4 Å². The SMILES string of the molecule is O=c1c2ccccc2nnn1CCNc1ccc(Cl)cc1. The maximum Gasteiger partial charge on any atom is 0.277 e. The molecule has 1 heterocycles. The molecule has 1 N–H and O–H groups in total. The van der Waals surface area contributed by atoms with E-state index in [9.17, 15) is 4.79 Å². The molecule has 106 valence electrons. The van der Waals surface area contributed by atoms with E-state index in [1.807, 2.05) is 36.4 Å². The topological polar surface area (TPSA) is 59.8 Å². The highest BCUT2D eigenvalue weighted by molar-refractivity contribution is 6.30. The van der Waals surface area contributed by atoms with Crippen LogP contribution in [0.3, 0.4) is 0 Å². The second-order valence-corrected chi connectivity index (χ2v) is 5.00. The molecule has 3 rings (SSSR count). The molecule has 6 heteroatoms. The van der Waals surface area contributed by atoms with Gasteiger partial charge in [-0.3, -0.25) is 4.79 Å². The maximum absolute atomic E-state index is 12.2. The van der Waals surface area contributed by atoms with Gasteiger partial charge in [-0.25, -0.2) is 4.68 Å². The van der Waals surface area contributed by atoms with E-state index in [4.69, 9.17) is 11.6 Å². The van der Waals surface area contributed by atoms with E-state index in [1.54, 1.807) is 12.1 Å². The van der Waals surface area contributed by atoms with Gasteiger partial charge in [-0.1, -0.05) is 28.9 Å². The van der Waals surface area contributed by atoms with Crippen LogP contribution in [0.5, 0.6) is 0 Å². The molecule has 21 heavy (non-hydrogen) atoms. The molecular weight excluding hydrogens is 288 g/mol. The third-order valence-electron chi connectivity index (χ3n) is 3.13. The van der Waals surface area contributed by atoms with Crippen LogP contribution in [-0.4, -0.2) is 21.5 Å². The lowest BCUT2D eigenvalue weighted by atomic mass is 10.2. The van der Waals surface area contributed by atoms with E-state index >= 15 is 0 Å². The van der Waals surface area contributed by atoms with Gasteiger partial charge in [0.1, 0.15) is 5.52 Å². The summed E-state index contributed by atoms with van der Waals surface area (Å²) in [7, 11) is 0. The predicted octanol–water partition coefficient (Wildman–Crippen LogP) is 2.56. The molecule has 0 aliphatic heterocycles. The van der Waals surface area contributed by atoms with Crippen LogP contribution in [0.25, 0.3) is 10.9 Å². The Morgan fingerprint density at radius 1 is 1.10 bits per heavy atom. The Kier molecular flexibility index (Phi) is 3.83. The molecule has 0 saturated heterocycles. The zero-order valence-electron chi connectivity index (χ0n) is 11.2. The minimum Gasteiger partial charge on any atom is -0.383 e. The number of benzene rings is 2. The van der Waals surface area contributed by atoms with Crippen molar-refractivity contribution in [1.29, 1.82) is 0 Å². The molecule has 0 radical (unpaired) electrons. The van der Waals surface area contributed by atoms with Gasteiger partial charge in [-0.2, -0.15) is 0 Å². The van der Waals surface area contributed by atoms with Crippen molar-refractivity contribution in [2.45, 2.75) is 6.54 Å². The van der Waals surface area contributed by atoms with Gasteiger partial charge in [0.2, 0.25) is 0 Å². The number of fused-ring (bicyclic) bond motifs is 1. The van der Waals surface area contributed by atoms with Crippen molar-refractivity contribution in [1.82, 2.24) is 15.0 Å². The minimum absolute atomic E-state index is 0.126. The van der Waals surface area contributed by atoms with E-state index in [1.165, 1.54) is 4.68 Å². The van der Waals surface area contributed by atoms with Crippen LogP contribution in [0, 0.1) is 0 Å². The highest BCUT2D eigenvalue weighted by Gasteiger charge is 2.04. The predicted molar refractivity (Wildman–Crippen MR) is 83.7 cm³/mol. The molecule has 0 fully saturated rings. The lowest BCUT2D eigenvalue weighted by Crippen LogP contribution is -2.27. The average Bonchev–Trinajstić information content (AvgIpc) is 2.52. The second-order valence-electron chi connectivity index (χ2n) is 4.57. The summed E-state index contributed by atoms with van der Waals surface area (Å²) in [6, 6.07) is 14.6. The van der Waals surface area contributed by atoms with E-state index in [-0.39, 0.29) is 5.56 Å². The van der Waals surface area contributed by atoms with Crippen molar-refractivity contribution >= 4 is 28.2 Å². The second kappa shape index (κ2) is 5.93. The van der Waals surface area contributed by atoms with Gasteiger partial charge in [-0.15, -0.1) is 5.10 Å². The highest BCUT2D eigenvalue weighted by atomic mass is 35.5. The molecule has 1 aromatic heterocycles. The molecule has 3 aromatic rings. The Balaban J connectivity index is 1.72. The Morgan fingerprint density at radius 3 is 2.67 bits per heavy atom. The van der Waals surface area contributed by atoms with Crippen LogP contribution < -0.4 is 10.9 Å². The average molecular weight is 301 g/mol. The van der Waals surface area contributed by atoms with Crippen molar-refractivity contribution in [3.63, 3.8) is 0 Å². The van der Waals surface area contributed by atoms with Gasteiger partial charge in [0, 0.05) is 17.3 Å². The van der Waals surface area contributed by atoms with Crippen molar-refractivity contribution in [3.05, 3.63) is 63.9 Å². The zero-order chi connectivity index (χ0) is 14.7. The maximum atomic E-state index is 12.2. The molecule has 0 spiro atoms. The molecular formula is C15H13ClN4O. The third-order valence-corrected chi connectivity index (χ3v) is 3.38. The van der Waals surface area contributed by atoms with E-state index in [0.717, 1.165) is 5.69 Å². The smallest absolute Gasteiger partial charge is 0.277 e. The molecule has 0 aliphatic rings. The molecule has 0 aliphatic carbocycles. The lowest BCUT2D eigenvalue weighted by Gasteiger charge is -2.07. The zero-order valence-corrected chi connectivity index (χ0v) is 11.9. The van der Waals surface area contributed by atoms with Gasteiger partial charge in [0.05, 0.1) is 11.9 Å². The third kappa shape index (κ3) is 3.03. The fourth-order valence-electron chi connectivity index (χ4n) is 2.04. The van der Waals surface area contributed by atoms with E-state index in [0.29, 0.717) is 29.0 Å². The molecule has 0 atom stereocenters. The van der Waals surface area contributed by atoms with Crippen LogP contribution in [0.4, 0.5) is 5.69 Å². The standard InChI is InChI=1S/C15H13ClN4O/c16-11-5-7-12(8-6-11)17-9-10-20-15(21)13-3-1-2-4-14(13)18-19-20/h1-8,17H,9-10H2. The number of hydrogen-bond acceptors (Lipinski definition) is 4. The van der Waals surface area contributed by atoms with Crippen LogP contribution in [-0.2, 0) is 6.54 Å². The van der Waals surface area contributed by atoms with Crippen molar-refractivity contribution < 1.29 is 0 Å². The summed E-state index contributed by atoms with van der Waals surface area (Å²) >= 11 is 5.83. The molecule has 0 unspecified atom stereocenters. The number of hydrogen-bond donors (Lipinski definition) is 1. The molecule has 0 saturated carbocycles. The normalized spacial score (nSPS) is 10.7. The number of rotatable bonds is 4. The number of anilines is 1. The van der Waals surface area contributed by atoms with Crippen molar-refractivity contribution in [2.75, 3.05) is 11.9 Å². The molecule has 0 amide bonds. The summed E-state index contributed by atoms with van der Waals surface area (Å²) in [4.78, 5) is 12.2. The van der Waals surface area contributed by atoms with Gasteiger partial charge < -0.3 is 5.32 Å². The van der Waals surface area contributed by atoms with Crippen LogP contribution in [0.2, 0.25) is 5.02 Å². The van der Waals surface area contributed by atoms with Gasteiger partial charge in [0.25, 0.3) is 5.56 Å². The molecule has 5 nitrogen and oxygen atoms in total. The van der Waals surface area contributed by atoms with E-state index in [2.05, 4.69) is 15.6 Å². The number of nitrogens with one attached hydrogen (secondary N) is 1. The summed E-state index contributed by atoms with van der Waals surface area (Å²) in [5.41, 5.74) is 1.43. The van der Waals surface area contributed by atoms with Crippen LogP contribution in [0.1, 0.15) is 0 Å². The van der Waals surface area contributed by atoms with E-state index < -0.39 is 0 Å². The Labute approximate surface area is 126 Å². The van der Waals surface area contributed by atoms with Crippen LogP contribution >= 0.6 is 11.6 Å². The highest BCUT2D eigenvalue weighted by Crippen LogP contribution is 2.12. The largest absolute Gasteiger partial charge is 0.383 e. The fourth-order valence-corrected chi connectivity index (χ4v) is 2.17. The summed E-state index contributed by atoms with van der Waals surface area (Å²) < 4.78 is 1.37. The van der Waals surface area contributed by atoms with Gasteiger partial charge >= 0.3 is 0 Å². The first-order valence-corrected chi connectivity index (χ1v) is 6.94. The summed E-state index contributed by atoms with van der Waals surface area (Å²) in [5.74, 6) is 0. The Hall–Kier alpha value is -2.40. The summed E-state index contributed by atoms with van der Waals surface area (Å²) in [5, 5.41) is 12.5. The first kappa shape index (κ1) is 13.6. The lowest BCUT2D eigenvalue weighted by molar-refractivity contribution is 0.566. The number of nitrogens with zero attached hydrogens (tertiary/aromatic N) is 3.